The predicted molar refractivity (Wildman–Crippen MR) is 58.8 cm³/mol. The lowest BCUT2D eigenvalue weighted by Gasteiger charge is -2.53. The van der Waals surface area contributed by atoms with Gasteiger partial charge >= 0.3 is 0 Å². The van der Waals surface area contributed by atoms with Crippen LogP contribution in [0.25, 0.3) is 0 Å². The van der Waals surface area contributed by atoms with Gasteiger partial charge in [0, 0.05) is 17.1 Å². The molecule has 14 heavy (non-hydrogen) atoms. The van der Waals surface area contributed by atoms with Gasteiger partial charge in [0.1, 0.15) is 0 Å². The maximum atomic E-state index is 6.06. The molecule has 0 atom stereocenters. The van der Waals surface area contributed by atoms with E-state index in [0.29, 0.717) is 0 Å². The Kier molecular flexibility index (Phi) is 3.24. The zero-order valence-electron chi connectivity index (χ0n) is 10.1. The van der Waals surface area contributed by atoms with Crippen LogP contribution in [-0.4, -0.2) is 28.8 Å². The van der Waals surface area contributed by atoms with Gasteiger partial charge in [0.05, 0.1) is 6.61 Å². The first kappa shape index (κ1) is 12.0. The Morgan fingerprint density at radius 2 is 1.64 bits per heavy atom. The van der Waals surface area contributed by atoms with Gasteiger partial charge in [-0.3, -0.25) is 4.84 Å². The second-order valence-corrected chi connectivity index (χ2v) is 5.51. The van der Waals surface area contributed by atoms with E-state index in [0.717, 1.165) is 19.4 Å². The second kappa shape index (κ2) is 3.80. The van der Waals surface area contributed by atoms with Crippen molar-refractivity contribution < 1.29 is 4.84 Å². The maximum absolute atomic E-state index is 6.06. The highest BCUT2D eigenvalue weighted by Gasteiger charge is 2.45. The van der Waals surface area contributed by atoms with Gasteiger partial charge in [-0.1, -0.05) is 0 Å². The van der Waals surface area contributed by atoms with Crippen LogP contribution in [0.2, 0.25) is 0 Å². The highest BCUT2D eigenvalue weighted by molar-refractivity contribution is 4.97. The zero-order valence-corrected chi connectivity index (χ0v) is 10.1. The molecule has 0 aromatic rings. The summed E-state index contributed by atoms with van der Waals surface area (Å²) in [5, 5.41) is 2.13. The molecule has 0 spiro atoms. The Morgan fingerprint density at radius 1 is 1.21 bits per heavy atom. The maximum Gasteiger partial charge on any atom is 0.0657 e. The lowest BCUT2D eigenvalue weighted by atomic mass is 9.79. The number of hydroxylamine groups is 2. The molecule has 0 aromatic heterocycles. The van der Waals surface area contributed by atoms with Gasteiger partial charge in [0.15, 0.2) is 0 Å². The fourth-order valence-electron chi connectivity index (χ4n) is 2.82. The summed E-state index contributed by atoms with van der Waals surface area (Å²) < 4.78 is 0. The molecule has 0 aromatic carbocycles. The minimum atomic E-state index is 0.0389. The highest BCUT2D eigenvalue weighted by Crippen LogP contribution is 2.37. The van der Waals surface area contributed by atoms with E-state index in [9.17, 15) is 0 Å². The molecule has 0 radical (unpaired) electrons. The molecule has 1 aliphatic heterocycles. The largest absolute Gasteiger partial charge is 0.328 e. The molecule has 1 heterocycles. The Balaban J connectivity index is 2.85. The van der Waals surface area contributed by atoms with Crippen molar-refractivity contribution in [3.8, 4) is 0 Å². The molecule has 1 saturated heterocycles. The van der Waals surface area contributed by atoms with Crippen LogP contribution in [0.1, 0.15) is 47.5 Å². The molecule has 0 unspecified atom stereocenters. The average molecular weight is 200 g/mol. The van der Waals surface area contributed by atoms with Gasteiger partial charge < -0.3 is 5.73 Å². The molecule has 1 aliphatic rings. The van der Waals surface area contributed by atoms with Gasteiger partial charge in [0.25, 0.3) is 0 Å². The lowest BCUT2D eigenvalue weighted by molar-refractivity contribution is -0.280. The Labute approximate surface area is 87.6 Å². The van der Waals surface area contributed by atoms with Crippen molar-refractivity contribution in [2.24, 2.45) is 5.73 Å². The molecule has 84 valence electrons. The summed E-state index contributed by atoms with van der Waals surface area (Å²) >= 11 is 0. The summed E-state index contributed by atoms with van der Waals surface area (Å²) in [7, 11) is 0. The molecule has 1 rings (SSSR count). The van der Waals surface area contributed by atoms with Gasteiger partial charge in [-0.2, -0.15) is 5.06 Å². The van der Waals surface area contributed by atoms with Crippen LogP contribution in [0.15, 0.2) is 0 Å². The Hall–Kier alpha value is -0.120. The van der Waals surface area contributed by atoms with Crippen LogP contribution in [-0.2, 0) is 4.84 Å². The van der Waals surface area contributed by atoms with Crippen molar-refractivity contribution in [2.45, 2.75) is 64.6 Å². The summed E-state index contributed by atoms with van der Waals surface area (Å²) in [4.78, 5) is 5.74. The standard InChI is InChI=1S/C11H24N2O/c1-6-14-13-10(2,3)7-9(12)8-11(13,4)5/h9H,6-8,12H2,1-5H3. The smallest absolute Gasteiger partial charge is 0.0657 e. The SMILES string of the molecule is CCON1C(C)(C)CC(N)CC1(C)C. The normalized spacial score (nSPS) is 27.9. The fraction of sp³-hybridized carbons (Fsp3) is 1.00. The van der Waals surface area contributed by atoms with Gasteiger partial charge in [-0.15, -0.1) is 0 Å². The van der Waals surface area contributed by atoms with E-state index in [4.69, 9.17) is 10.6 Å². The number of hydrogen-bond acceptors (Lipinski definition) is 3. The molecule has 0 amide bonds. The van der Waals surface area contributed by atoms with E-state index in [1.54, 1.807) is 0 Å². The van der Waals surface area contributed by atoms with E-state index >= 15 is 0 Å². The highest BCUT2D eigenvalue weighted by atomic mass is 16.7. The molecular formula is C11H24N2O. The molecular weight excluding hydrogens is 176 g/mol. The first-order chi connectivity index (χ1) is 6.29. The Bertz CT molecular complexity index is 183. The zero-order chi connectivity index (χ0) is 11.0. The molecule has 3 heteroatoms. The molecule has 3 nitrogen and oxygen atoms in total. The minimum Gasteiger partial charge on any atom is -0.328 e. The van der Waals surface area contributed by atoms with Gasteiger partial charge in [-0.25, -0.2) is 0 Å². The lowest BCUT2D eigenvalue weighted by Crippen LogP contribution is -2.62. The van der Waals surface area contributed by atoms with Crippen molar-refractivity contribution in [1.29, 1.82) is 0 Å². The second-order valence-electron chi connectivity index (χ2n) is 5.51. The van der Waals surface area contributed by atoms with E-state index in [1.165, 1.54) is 0 Å². The molecule has 0 bridgehead atoms. The Morgan fingerprint density at radius 3 is 2.00 bits per heavy atom. The van der Waals surface area contributed by atoms with Crippen molar-refractivity contribution in [3.05, 3.63) is 0 Å². The first-order valence-corrected chi connectivity index (χ1v) is 5.48. The van der Waals surface area contributed by atoms with Crippen LogP contribution in [0.4, 0.5) is 0 Å². The molecule has 1 fully saturated rings. The quantitative estimate of drug-likeness (QED) is 0.740. The van der Waals surface area contributed by atoms with E-state index < -0.39 is 0 Å². The van der Waals surface area contributed by atoms with Gasteiger partial charge in [0.2, 0.25) is 0 Å². The summed E-state index contributed by atoms with van der Waals surface area (Å²) in [6, 6.07) is 0.289. The third-order valence-electron chi connectivity index (χ3n) is 2.88. The molecule has 0 saturated carbocycles. The number of hydrogen-bond donors (Lipinski definition) is 1. The van der Waals surface area contributed by atoms with Crippen molar-refractivity contribution in [3.63, 3.8) is 0 Å². The van der Waals surface area contributed by atoms with Crippen molar-refractivity contribution >= 4 is 0 Å². The third-order valence-corrected chi connectivity index (χ3v) is 2.88. The average Bonchev–Trinajstić information content (AvgIpc) is 1.94. The van der Waals surface area contributed by atoms with Gasteiger partial charge in [-0.05, 0) is 47.5 Å². The van der Waals surface area contributed by atoms with Crippen LogP contribution in [0.3, 0.4) is 0 Å². The minimum absolute atomic E-state index is 0.0389. The number of nitrogens with zero attached hydrogens (tertiary/aromatic N) is 1. The van der Waals surface area contributed by atoms with Crippen LogP contribution >= 0.6 is 0 Å². The van der Waals surface area contributed by atoms with Crippen LogP contribution in [0, 0.1) is 0 Å². The molecule has 0 aliphatic carbocycles. The fourth-order valence-corrected chi connectivity index (χ4v) is 2.82. The monoisotopic (exact) mass is 200 g/mol. The summed E-state index contributed by atoms with van der Waals surface area (Å²) in [6.07, 6.45) is 1.99. The van der Waals surface area contributed by atoms with E-state index in [2.05, 4.69) is 32.8 Å². The van der Waals surface area contributed by atoms with Crippen molar-refractivity contribution in [1.82, 2.24) is 5.06 Å². The number of rotatable bonds is 2. The number of piperidine rings is 1. The molecule has 2 N–H and O–H groups in total. The van der Waals surface area contributed by atoms with Crippen LogP contribution < -0.4 is 5.73 Å². The van der Waals surface area contributed by atoms with E-state index in [-0.39, 0.29) is 17.1 Å². The number of nitrogens with two attached hydrogens (primary N) is 1. The third kappa shape index (κ3) is 2.27. The topological polar surface area (TPSA) is 38.5 Å². The predicted octanol–water partition coefficient (Wildman–Crippen LogP) is 1.92. The summed E-state index contributed by atoms with van der Waals surface area (Å²) in [5.74, 6) is 0. The van der Waals surface area contributed by atoms with Crippen molar-refractivity contribution in [2.75, 3.05) is 6.61 Å². The van der Waals surface area contributed by atoms with Crippen LogP contribution in [0.5, 0.6) is 0 Å². The summed E-state index contributed by atoms with van der Waals surface area (Å²) in [5.41, 5.74) is 6.14. The van der Waals surface area contributed by atoms with E-state index in [1.807, 2.05) is 6.92 Å². The first-order valence-electron chi connectivity index (χ1n) is 5.48. The summed E-state index contributed by atoms with van der Waals surface area (Å²) in [6.45, 7) is 11.5.